The molecule has 2 aromatic carbocycles. The summed E-state index contributed by atoms with van der Waals surface area (Å²) in [5.74, 6) is -1.76. The van der Waals surface area contributed by atoms with Gasteiger partial charge in [0.15, 0.2) is 0 Å². The van der Waals surface area contributed by atoms with Crippen LogP contribution >= 0.6 is 31.9 Å². The number of carbonyl (C=O) groups is 3. The van der Waals surface area contributed by atoms with Crippen molar-refractivity contribution in [3.8, 4) is 0 Å². The van der Waals surface area contributed by atoms with Crippen LogP contribution in [0.5, 0.6) is 0 Å². The van der Waals surface area contributed by atoms with Crippen LogP contribution in [0.1, 0.15) is 43.9 Å². The van der Waals surface area contributed by atoms with Gasteiger partial charge in [0.05, 0.1) is 0 Å². The highest BCUT2D eigenvalue weighted by Gasteiger charge is 2.32. The number of aryl methyl sites for hydroxylation is 3. The number of rotatable bonds is 4. The molecule has 0 fully saturated rings. The summed E-state index contributed by atoms with van der Waals surface area (Å²) in [7, 11) is 0. The molecule has 0 aliphatic rings. The van der Waals surface area contributed by atoms with E-state index in [1.807, 2.05) is 6.92 Å². The van der Waals surface area contributed by atoms with Gasteiger partial charge in [0.2, 0.25) is 5.91 Å². The number of esters is 2. The van der Waals surface area contributed by atoms with Gasteiger partial charge < -0.3 is 9.64 Å². The molecular formula is C25H27Br2F6NO4. The first-order chi connectivity index (χ1) is 17.2. The highest BCUT2D eigenvalue weighted by molar-refractivity contribution is 9.10. The van der Waals surface area contributed by atoms with Crippen LogP contribution in [0.4, 0.5) is 32.0 Å². The Morgan fingerprint density at radius 2 is 1.26 bits per heavy atom. The number of carbonyl (C=O) groups excluding carboxylic acids is 3. The molecule has 212 valence electrons. The minimum Gasteiger partial charge on any atom is -0.394 e. The maximum absolute atomic E-state index is 12.3. The molecular weight excluding hydrogens is 652 g/mol. The molecule has 0 saturated heterocycles. The van der Waals surface area contributed by atoms with Crippen LogP contribution in [0.15, 0.2) is 45.3 Å². The number of amides is 1. The maximum atomic E-state index is 12.3. The Bertz CT molecular complexity index is 1090. The molecule has 2 aromatic rings. The van der Waals surface area contributed by atoms with Crippen molar-refractivity contribution >= 4 is 55.4 Å². The Hall–Kier alpha value is -2.41. The van der Waals surface area contributed by atoms with Gasteiger partial charge in [0, 0.05) is 41.8 Å². The van der Waals surface area contributed by atoms with Crippen molar-refractivity contribution < 1.29 is 45.5 Å². The van der Waals surface area contributed by atoms with E-state index in [1.54, 1.807) is 31.2 Å². The first-order valence-electron chi connectivity index (χ1n) is 10.8. The number of ether oxygens (including phenoxy) is 1. The molecule has 0 aromatic heterocycles. The highest BCUT2D eigenvalue weighted by atomic mass is 79.9. The molecule has 5 nitrogen and oxygen atoms in total. The summed E-state index contributed by atoms with van der Waals surface area (Å²) in [6, 6.07) is 9.90. The van der Waals surface area contributed by atoms with E-state index in [-0.39, 0.29) is 12.1 Å². The molecule has 0 aliphatic heterocycles. The summed E-state index contributed by atoms with van der Waals surface area (Å²) in [5.41, 5.74) is 2.71. The number of alkyl halides is 6. The molecule has 0 heterocycles. The minimum atomic E-state index is -4.41. The molecule has 0 radical (unpaired) electrons. The van der Waals surface area contributed by atoms with E-state index in [1.165, 1.54) is 26.0 Å². The van der Waals surface area contributed by atoms with E-state index in [0.29, 0.717) is 4.90 Å². The fourth-order valence-electron chi connectivity index (χ4n) is 2.71. The number of anilines is 1. The summed E-state index contributed by atoms with van der Waals surface area (Å²) >= 11 is 6.55. The van der Waals surface area contributed by atoms with E-state index in [2.05, 4.69) is 36.6 Å². The fourth-order valence-corrected chi connectivity index (χ4v) is 3.20. The first kappa shape index (κ1) is 35.6. The predicted octanol–water partition coefficient (Wildman–Crippen LogP) is 8.02. The Morgan fingerprint density at radius 1 is 0.789 bits per heavy atom. The average molecular weight is 679 g/mol. The molecule has 2 rings (SSSR count). The highest BCUT2D eigenvalue weighted by Crippen LogP contribution is 2.26. The van der Waals surface area contributed by atoms with Crippen molar-refractivity contribution in [2.75, 3.05) is 11.4 Å². The SMILES string of the molecule is CC(=O)N(CC(F)(F)F)c1ccc(Br)c(C)c1.CC(=O)OC(C)=O.Cc1cc(CCC(F)(F)F)ccc1Br. The molecule has 0 N–H and O–H groups in total. The van der Waals surface area contributed by atoms with Crippen LogP contribution in [0.2, 0.25) is 0 Å². The zero-order valence-corrected chi connectivity index (χ0v) is 24.4. The third-order valence-electron chi connectivity index (χ3n) is 4.38. The summed E-state index contributed by atoms with van der Waals surface area (Å²) < 4.78 is 78.4. The van der Waals surface area contributed by atoms with Crippen molar-refractivity contribution in [2.24, 2.45) is 0 Å². The standard InChI is InChI=1S/C11H11BrF3NO.C10H10BrF3.C4H6O3/c1-7-5-9(3-4-10(7)12)16(8(2)17)6-11(13,14)15;1-7-6-8(2-3-9(7)11)4-5-10(12,13)14;1-3(5)7-4(2)6/h3-5H,6H2,1-2H3;2-3,6H,4-5H2,1H3;1-2H3. The van der Waals surface area contributed by atoms with E-state index in [4.69, 9.17) is 0 Å². The van der Waals surface area contributed by atoms with E-state index in [0.717, 1.165) is 32.6 Å². The molecule has 0 unspecified atom stereocenters. The Morgan fingerprint density at radius 3 is 1.61 bits per heavy atom. The molecule has 0 spiro atoms. The van der Waals surface area contributed by atoms with Crippen LogP contribution < -0.4 is 4.90 Å². The van der Waals surface area contributed by atoms with Gasteiger partial charge in [-0.2, -0.15) is 26.3 Å². The number of hydrogen-bond acceptors (Lipinski definition) is 4. The molecule has 0 aliphatic carbocycles. The summed E-state index contributed by atoms with van der Waals surface area (Å²) in [4.78, 5) is 31.6. The maximum Gasteiger partial charge on any atom is 0.406 e. The topological polar surface area (TPSA) is 63.7 Å². The van der Waals surface area contributed by atoms with Crippen LogP contribution in [0.25, 0.3) is 0 Å². The van der Waals surface area contributed by atoms with Crippen LogP contribution in [0.3, 0.4) is 0 Å². The van der Waals surface area contributed by atoms with E-state index in [9.17, 15) is 40.7 Å². The lowest BCUT2D eigenvalue weighted by Crippen LogP contribution is -2.37. The molecule has 0 saturated carbocycles. The zero-order valence-electron chi connectivity index (χ0n) is 21.2. The monoisotopic (exact) mass is 677 g/mol. The lowest BCUT2D eigenvalue weighted by atomic mass is 10.1. The van der Waals surface area contributed by atoms with Crippen LogP contribution in [-0.2, 0) is 25.5 Å². The smallest absolute Gasteiger partial charge is 0.394 e. The van der Waals surface area contributed by atoms with E-state index < -0.39 is 43.2 Å². The van der Waals surface area contributed by atoms with E-state index >= 15 is 0 Å². The lowest BCUT2D eigenvalue weighted by molar-refractivity contribution is -0.156. The van der Waals surface area contributed by atoms with Gasteiger partial charge in [-0.25, -0.2) is 0 Å². The zero-order chi connectivity index (χ0) is 29.8. The number of nitrogens with zero attached hydrogens (tertiary/aromatic N) is 1. The fraction of sp³-hybridized carbons (Fsp3) is 0.400. The van der Waals surface area contributed by atoms with Crippen molar-refractivity contribution in [3.05, 3.63) is 62.0 Å². The molecule has 13 heteroatoms. The average Bonchev–Trinajstić information content (AvgIpc) is 2.73. The second-order valence-corrected chi connectivity index (χ2v) is 9.65. The van der Waals surface area contributed by atoms with Gasteiger partial charge in [-0.1, -0.05) is 44.0 Å². The Labute approximate surface area is 233 Å². The van der Waals surface area contributed by atoms with Gasteiger partial charge in [-0.3, -0.25) is 14.4 Å². The van der Waals surface area contributed by atoms with Gasteiger partial charge in [-0.15, -0.1) is 0 Å². The second-order valence-electron chi connectivity index (χ2n) is 7.94. The first-order valence-corrected chi connectivity index (χ1v) is 12.4. The van der Waals surface area contributed by atoms with Gasteiger partial charge in [-0.05, 0) is 61.2 Å². The van der Waals surface area contributed by atoms with Crippen LogP contribution in [0, 0.1) is 13.8 Å². The number of halogens is 8. The summed E-state index contributed by atoms with van der Waals surface area (Å²) in [5, 5.41) is 0. The third-order valence-corrected chi connectivity index (χ3v) is 6.16. The van der Waals surface area contributed by atoms with Crippen molar-refractivity contribution in [1.82, 2.24) is 0 Å². The lowest BCUT2D eigenvalue weighted by Gasteiger charge is -2.23. The second kappa shape index (κ2) is 15.9. The minimum absolute atomic E-state index is 0.0532. The Kier molecular flexibility index (Phi) is 14.9. The molecule has 0 bridgehead atoms. The van der Waals surface area contributed by atoms with Crippen LogP contribution in [-0.4, -0.2) is 36.7 Å². The van der Waals surface area contributed by atoms with Gasteiger partial charge >= 0.3 is 24.3 Å². The normalized spacial score (nSPS) is 10.9. The summed E-state index contributed by atoms with van der Waals surface area (Å²) in [6.07, 6.45) is -9.18. The largest absolute Gasteiger partial charge is 0.406 e. The predicted molar refractivity (Wildman–Crippen MR) is 139 cm³/mol. The third kappa shape index (κ3) is 16.4. The summed E-state index contributed by atoms with van der Waals surface area (Å²) in [6.45, 7) is 5.82. The number of hydrogen-bond donors (Lipinski definition) is 0. The quantitative estimate of drug-likeness (QED) is 0.187. The van der Waals surface area contributed by atoms with Gasteiger partial charge in [0.1, 0.15) is 6.54 Å². The molecule has 38 heavy (non-hydrogen) atoms. The number of benzene rings is 2. The van der Waals surface area contributed by atoms with Crippen molar-refractivity contribution in [1.29, 1.82) is 0 Å². The Balaban J connectivity index is 0.000000587. The molecule has 0 atom stereocenters. The van der Waals surface area contributed by atoms with Crippen molar-refractivity contribution in [3.63, 3.8) is 0 Å². The van der Waals surface area contributed by atoms with Gasteiger partial charge in [0.25, 0.3) is 0 Å². The van der Waals surface area contributed by atoms with Crippen molar-refractivity contribution in [2.45, 2.75) is 59.8 Å². The molecule has 1 amide bonds.